The maximum atomic E-state index is 13.7. The van der Waals surface area contributed by atoms with Crippen molar-refractivity contribution < 1.29 is 23.8 Å². The van der Waals surface area contributed by atoms with Crippen molar-refractivity contribution in [3.05, 3.63) is 87.5 Å². The van der Waals surface area contributed by atoms with Gasteiger partial charge >= 0.3 is 5.97 Å². The molecule has 0 bridgehead atoms. The van der Waals surface area contributed by atoms with E-state index in [1.165, 1.54) is 7.11 Å². The summed E-state index contributed by atoms with van der Waals surface area (Å²) in [5.41, 5.74) is 7.31. The summed E-state index contributed by atoms with van der Waals surface area (Å²) in [6.45, 7) is 4.26. The van der Waals surface area contributed by atoms with Gasteiger partial charge in [-0.25, -0.2) is 9.97 Å². The molecule has 3 heterocycles. The summed E-state index contributed by atoms with van der Waals surface area (Å²) in [5.74, 6) is 0.785. The first-order chi connectivity index (χ1) is 24.7. The smallest absolute Gasteiger partial charge is 0.308 e. The minimum Gasteiger partial charge on any atom is -0.469 e. The quantitative estimate of drug-likeness (QED) is 0.166. The molecular weight excluding hydrogens is 668 g/mol. The Kier molecular flexibility index (Phi) is 9.66. The lowest BCUT2D eigenvalue weighted by Crippen LogP contribution is -2.36. The van der Waals surface area contributed by atoms with Gasteiger partial charge in [-0.15, -0.1) is 0 Å². The number of amides is 1. The Labute approximate surface area is 300 Å². The molecule has 7 rings (SSSR count). The molecule has 3 aromatic carbocycles. The minimum atomic E-state index is -0.342. The summed E-state index contributed by atoms with van der Waals surface area (Å²) in [6, 6.07) is 16.7. The van der Waals surface area contributed by atoms with E-state index in [-0.39, 0.29) is 24.4 Å². The highest BCUT2D eigenvalue weighted by Gasteiger charge is 2.31. The fraction of sp³-hybridized carbons (Fsp3) is 0.359. The van der Waals surface area contributed by atoms with Crippen LogP contribution in [0.4, 0.5) is 5.69 Å². The van der Waals surface area contributed by atoms with E-state index >= 15 is 0 Å². The normalized spacial score (nSPS) is 17.6. The lowest BCUT2D eigenvalue weighted by Gasteiger charge is -2.33. The summed E-state index contributed by atoms with van der Waals surface area (Å²) in [7, 11) is 3.34. The number of oxazole rings is 1. The van der Waals surface area contributed by atoms with Gasteiger partial charge in [-0.3, -0.25) is 14.5 Å². The topological polar surface area (TPSA) is 147 Å². The van der Waals surface area contributed by atoms with Gasteiger partial charge in [-0.05, 0) is 79.5 Å². The molecule has 1 amide bonds. The zero-order valence-corrected chi connectivity index (χ0v) is 29.6. The van der Waals surface area contributed by atoms with Gasteiger partial charge in [-0.2, -0.15) is 5.26 Å². The van der Waals surface area contributed by atoms with Gasteiger partial charge in [0, 0.05) is 49.9 Å². The molecule has 2 aromatic heterocycles. The molecule has 1 saturated carbocycles. The van der Waals surface area contributed by atoms with Crippen LogP contribution in [-0.2, 0) is 36.2 Å². The number of fused-ring (bicyclic) bond motifs is 2. The van der Waals surface area contributed by atoms with Crippen LogP contribution in [0.1, 0.15) is 64.4 Å². The van der Waals surface area contributed by atoms with Crippen molar-refractivity contribution in [3.63, 3.8) is 0 Å². The van der Waals surface area contributed by atoms with E-state index in [9.17, 15) is 20.0 Å². The average Bonchev–Trinajstić information content (AvgIpc) is 3.73. The predicted molar refractivity (Wildman–Crippen MR) is 193 cm³/mol. The van der Waals surface area contributed by atoms with Crippen LogP contribution in [0.3, 0.4) is 0 Å². The lowest BCUT2D eigenvalue weighted by molar-refractivity contribution is -0.146. The number of imidazole rings is 1. The first-order valence-corrected chi connectivity index (χ1v) is 17.6. The van der Waals surface area contributed by atoms with Crippen molar-refractivity contribution in [1.82, 2.24) is 19.4 Å². The molecule has 5 aromatic rings. The standard InChI is InChI=1S/C39H39ClN6O5/c1-22-27(6-4-7-28(22)38-44-31-17-24(21-47)16-26(18-41)35(31)51-38)29-8-5-9-30(34(29)40)43-37(48)36-42-32-20-46(15-14-33(32)45(36)2)19-23-10-12-25(13-11-23)39(49)50-3/h4-9,16-17,23,25,47H,10-15,19-21H2,1-3H3,(H,43,48). The second-order valence-electron chi connectivity index (χ2n) is 13.5. The molecule has 1 aliphatic heterocycles. The number of hydrogen-bond acceptors (Lipinski definition) is 9. The second-order valence-corrected chi connectivity index (χ2v) is 13.9. The Morgan fingerprint density at radius 1 is 1.10 bits per heavy atom. The maximum absolute atomic E-state index is 13.7. The highest BCUT2D eigenvalue weighted by molar-refractivity contribution is 6.36. The first-order valence-electron chi connectivity index (χ1n) is 17.2. The van der Waals surface area contributed by atoms with Gasteiger partial charge < -0.3 is 24.1 Å². The number of aromatic nitrogens is 3. The minimum absolute atomic E-state index is 0.0151. The summed E-state index contributed by atoms with van der Waals surface area (Å²) < 4.78 is 12.9. The Morgan fingerprint density at radius 3 is 2.59 bits per heavy atom. The highest BCUT2D eigenvalue weighted by Crippen LogP contribution is 2.39. The van der Waals surface area contributed by atoms with E-state index < -0.39 is 0 Å². The molecule has 11 nitrogen and oxygen atoms in total. The van der Waals surface area contributed by atoms with Crippen molar-refractivity contribution >= 4 is 40.3 Å². The fourth-order valence-corrected chi connectivity index (χ4v) is 7.88. The monoisotopic (exact) mass is 706 g/mol. The molecule has 0 spiro atoms. The lowest BCUT2D eigenvalue weighted by atomic mass is 9.81. The molecule has 0 radical (unpaired) electrons. The summed E-state index contributed by atoms with van der Waals surface area (Å²) in [5, 5.41) is 22.7. The zero-order valence-electron chi connectivity index (χ0n) is 28.8. The molecule has 0 unspecified atom stereocenters. The van der Waals surface area contributed by atoms with Crippen LogP contribution < -0.4 is 5.32 Å². The third kappa shape index (κ3) is 6.63. The molecule has 51 heavy (non-hydrogen) atoms. The molecule has 2 N–H and O–H groups in total. The van der Waals surface area contributed by atoms with Gasteiger partial charge in [-0.1, -0.05) is 35.9 Å². The first kappa shape index (κ1) is 34.4. The SMILES string of the molecule is COC(=O)C1CCC(CN2CCc3c(nc(C(=O)Nc4cccc(-c5cccc(-c6nc7cc(CO)cc(C#N)c7o6)c5C)c4Cl)n3C)C2)CC1. The summed E-state index contributed by atoms with van der Waals surface area (Å²) in [4.78, 5) is 37.5. The summed E-state index contributed by atoms with van der Waals surface area (Å²) >= 11 is 7.00. The average molecular weight is 707 g/mol. The number of carbonyl (C=O) groups is 2. The summed E-state index contributed by atoms with van der Waals surface area (Å²) in [6.07, 6.45) is 4.56. The van der Waals surface area contributed by atoms with E-state index in [2.05, 4.69) is 21.3 Å². The largest absolute Gasteiger partial charge is 0.469 e. The predicted octanol–water partition coefficient (Wildman–Crippen LogP) is 6.81. The fourth-order valence-electron chi connectivity index (χ4n) is 7.61. The van der Waals surface area contributed by atoms with Crippen molar-refractivity contribution in [2.75, 3.05) is 25.5 Å². The number of benzene rings is 3. The van der Waals surface area contributed by atoms with Gasteiger partial charge in [0.25, 0.3) is 5.91 Å². The van der Waals surface area contributed by atoms with E-state index in [4.69, 9.17) is 25.7 Å². The molecular formula is C39H39ClN6O5. The van der Waals surface area contributed by atoms with Crippen LogP contribution in [0, 0.1) is 30.1 Å². The second kappa shape index (κ2) is 14.3. The van der Waals surface area contributed by atoms with E-state index in [0.717, 1.165) is 78.8 Å². The van der Waals surface area contributed by atoms with Gasteiger partial charge in [0.1, 0.15) is 11.6 Å². The van der Waals surface area contributed by atoms with Gasteiger partial charge in [0.05, 0.1) is 41.6 Å². The Balaban J connectivity index is 1.08. The van der Waals surface area contributed by atoms with Crippen LogP contribution in [-0.4, -0.2) is 56.6 Å². The number of methoxy groups -OCH3 is 1. The van der Waals surface area contributed by atoms with E-state index in [1.807, 2.05) is 48.9 Å². The molecule has 0 saturated heterocycles. The number of anilines is 1. The Hall–Kier alpha value is -5.02. The van der Waals surface area contributed by atoms with E-state index in [0.29, 0.717) is 57.1 Å². The number of esters is 1. The van der Waals surface area contributed by atoms with Crippen molar-refractivity contribution in [1.29, 1.82) is 5.26 Å². The van der Waals surface area contributed by atoms with Crippen LogP contribution in [0.2, 0.25) is 5.02 Å². The number of nitrogens with one attached hydrogen (secondary N) is 1. The van der Waals surface area contributed by atoms with Crippen molar-refractivity contribution in [2.45, 2.75) is 52.2 Å². The third-order valence-corrected chi connectivity index (χ3v) is 10.8. The number of hydrogen-bond donors (Lipinski definition) is 2. The maximum Gasteiger partial charge on any atom is 0.308 e. The van der Waals surface area contributed by atoms with Gasteiger partial charge in [0.15, 0.2) is 11.4 Å². The number of aliphatic hydroxyl groups is 1. The number of ether oxygens (including phenoxy) is 1. The molecule has 0 atom stereocenters. The molecule has 2 aliphatic rings. The van der Waals surface area contributed by atoms with E-state index in [1.54, 1.807) is 18.2 Å². The van der Waals surface area contributed by atoms with Crippen LogP contribution in [0.5, 0.6) is 0 Å². The Morgan fingerprint density at radius 2 is 1.84 bits per heavy atom. The zero-order chi connectivity index (χ0) is 35.8. The molecule has 12 heteroatoms. The number of carbonyl (C=O) groups excluding carboxylic acids is 2. The molecule has 1 aliphatic carbocycles. The third-order valence-electron chi connectivity index (χ3n) is 10.4. The number of halogens is 1. The highest BCUT2D eigenvalue weighted by atomic mass is 35.5. The van der Waals surface area contributed by atoms with Crippen molar-refractivity contribution in [2.24, 2.45) is 18.9 Å². The van der Waals surface area contributed by atoms with Crippen LogP contribution in [0.25, 0.3) is 33.7 Å². The van der Waals surface area contributed by atoms with Crippen molar-refractivity contribution in [3.8, 4) is 28.7 Å². The molecule has 1 fully saturated rings. The number of aliphatic hydroxyl groups excluding tert-OH is 1. The number of nitriles is 1. The van der Waals surface area contributed by atoms with Gasteiger partial charge in [0.2, 0.25) is 5.89 Å². The molecule has 262 valence electrons. The number of nitrogens with zero attached hydrogens (tertiary/aromatic N) is 5. The van der Waals surface area contributed by atoms with Crippen LogP contribution >= 0.6 is 11.6 Å². The Bertz CT molecular complexity index is 2190. The number of rotatable bonds is 8. The van der Waals surface area contributed by atoms with Crippen LogP contribution in [0.15, 0.2) is 52.9 Å².